The van der Waals surface area contributed by atoms with Gasteiger partial charge in [0.15, 0.2) is 23.6 Å². The van der Waals surface area contributed by atoms with E-state index in [2.05, 4.69) is 74.6 Å². The molecule has 1 atom stereocenters. The second-order valence-corrected chi connectivity index (χ2v) is 9.84. The summed E-state index contributed by atoms with van der Waals surface area (Å²) in [4.78, 5) is 14.7. The Hall–Kier alpha value is -4.31. The largest absolute Gasteiger partial charge is 0.482 e. The van der Waals surface area contributed by atoms with Crippen molar-refractivity contribution in [2.75, 3.05) is 0 Å². The van der Waals surface area contributed by atoms with Crippen LogP contribution in [0.5, 0.6) is 5.75 Å². The summed E-state index contributed by atoms with van der Waals surface area (Å²) in [5, 5.41) is 0. The molecule has 2 aliphatic rings. The highest BCUT2D eigenvalue weighted by Crippen LogP contribution is 2.36. The van der Waals surface area contributed by atoms with Crippen molar-refractivity contribution in [3.63, 3.8) is 0 Å². The first kappa shape index (κ1) is 22.2. The van der Waals surface area contributed by atoms with Crippen LogP contribution in [0.2, 0.25) is 0 Å². The summed E-state index contributed by atoms with van der Waals surface area (Å²) in [6, 6.07) is 26.6. The number of ether oxygens (including phenoxy) is 1. The monoisotopic (exact) mass is 469 g/mol. The third kappa shape index (κ3) is 4.50. The Morgan fingerprint density at radius 1 is 0.750 bits per heavy atom. The van der Waals surface area contributed by atoms with Crippen LogP contribution < -0.4 is 4.74 Å². The highest BCUT2D eigenvalue weighted by atomic mass is 16.5. The first-order valence-electron chi connectivity index (χ1n) is 12.3. The van der Waals surface area contributed by atoms with Gasteiger partial charge in [-0.25, -0.2) is 15.0 Å². The molecule has 0 bridgehead atoms. The van der Waals surface area contributed by atoms with E-state index >= 15 is 0 Å². The number of allylic oxidation sites excluding steroid dienone is 6. The minimum absolute atomic E-state index is 0.0302. The normalized spacial score (nSPS) is 17.7. The van der Waals surface area contributed by atoms with Crippen LogP contribution in [-0.4, -0.2) is 15.0 Å². The lowest BCUT2D eigenvalue weighted by Gasteiger charge is -2.13. The van der Waals surface area contributed by atoms with Gasteiger partial charge in [0.05, 0.1) is 0 Å². The molecular weight excluding hydrogens is 442 g/mol. The van der Waals surface area contributed by atoms with Gasteiger partial charge in [0.1, 0.15) is 5.75 Å². The molecule has 0 spiro atoms. The van der Waals surface area contributed by atoms with Crippen LogP contribution in [0.4, 0.5) is 0 Å². The zero-order chi connectivity index (χ0) is 24.5. The molecule has 1 aliphatic carbocycles. The second kappa shape index (κ2) is 9.04. The molecule has 6 rings (SSSR count). The summed E-state index contributed by atoms with van der Waals surface area (Å²) in [6.45, 7) is 4.40. The average molecular weight is 470 g/mol. The van der Waals surface area contributed by atoms with Crippen molar-refractivity contribution in [3.8, 4) is 28.5 Å². The first-order chi connectivity index (χ1) is 17.5. The van der Waals surface area contributed by atoms with Crippen LogP contribution in [0.25, 0.3) is 28.3 Å². The highest BCUT2D eigenvalue weighted by Gasteiger charge is 2.28. The lowest BCUT2D eigenvalue weighted by atomic mass is 9.92. The van der Waals surface area contributed by atoms with Crippen molar-refractivity contribution in [2.45, 2.75) is 26.4 Å². The predicted molar refractivity (Wildman–Crippen MR) is 144 cm³/mol. The molecule has 1 unspecified atom stereocenters. The zero-order valence-corrected chi connectivity index (χ0v) is 20.4. The third-order valence-corrected chi connectivity index (χ3v) is 6.57. The summed E-state index contributed by atoms with van der Waals surface area (Å²) in [5.74, 6) is 2.85. The smallest absolute Gasteiger partial charge is 0.174 e. The lowest BCUT2D eigenvalue weighted by Crippen LogP contribution is -2.11. The molecule has 1 aliphatic heterocycles. The van der Waals surface area contributed by atoms with Gasteiger partial charge < -0.3 is 4.74 Å². The molecule has 0 radical (unpaired) electrons. The Labute approximate surface area is 211 Å². The maximum atomic E-state index is 6.25. The fraction of sp³-hybridized carbons (Fsp3) is 0.156. The van der Waals surface area contributed by atoms with Gasteiger partial charge in [-0.3, -0.25) is 0 Å². The molecular formula is C32H27N3O. The van der Waals surface area contributed by atoms with E-state index in [1.165, 1.54) is 5.56 Å². The van der Waals surface area contributed by atoms with Crippen molar-refractivity contribution >= 4 is 5.57 Å². The van der Waals surface area contributed by atoms with E-state index in [-0.39, 0.29) is 11.5 Å². The van der Waals surface area contributed by atoms with Crippen molar-refractivity contribution in [1.82, 2.24) is 15.0 Å². The molecule has 2 heterocycles. The molecule has 0 amide bonds. The molecule has 4 aromatic rings. The Balaban J connectivity index is 1.42. The number of hydrogen-bond donors (Lipinski definition) is 0. The molecule has 0 saturated heterocycles. The lowest BCUT2D eigenvalue weighted by molar-refractivity contribution is 0.227. The van der Waals surface area contributed by atoms with E-state index in [0.717, 1.165) is 34.4 Å². The number of aromatic nitrogens is 3. The third-order valence-electron chi connectivity index (χ3n) is 6.57. The summed E-state index contributed by atoms with van der Waals surface area (Å²) < 4.78 is 6.25. The maximum Gasteiger partial charge on any atom is 0.174 e. The molecule has 3 aromatic carbocycles. The minimum Gasteiger partial charge on any atom is -0.482 e. The van der Waals surface area contributed by atoms with Gasteiger partial charge in [-0.1, -0.05) is 111 Å². The van der Waals surface area contributed by atoms with Gasteiger partial charge in [0.25, 0.3) is 0 Å². The van der Waals surface area contributed by atoms with Crippen molar-refractivity contribution in [1.29, 1.82) is 0 Å². The fourth-order valence-corrected chi connectivity index (χ4v) is 4.55. The number of para-hydroxylation sites is 1. The first-order valence-corrected chi connectivity index (χ1v) is 12.3. The molecule has 176 valence electrons. The van der Waals surface area contributed by atoms with Gasteiger partial charge >= 0.3 is 0 Å². The van der Waals surface area contributed by atoms with Gasteiger partial charge in [-0.15, -0.1) is 0 Å². The van der Waals surface area contributed by atoms with Crippen molar-refractivity contribution in [2.24, 2.45) is 5.41 Å². The van der Waals surface area contributed by atoms with Crippen LogP contribution in [-0.2, 0) is 6.42 Å². The van der Waals surface area contributed by atoms with Gasteiger partial charge in [-0.2, -0.15) is 0 Å². The molecule has 0 saturated carbocycles. The number of benzene rings is 3. The second-order valence-electron chi connectivity index (χ2n) is 9.84. The van der Waals surface area contributed by atoms with Gasteiger partial charge in [0, 0.05) is 23.0 Å². The molecule has 4 heteroatoms. The van der Waals surface area contributed by atoms with Crippen LogP contribution in [0.15, 0.2) is 109 Å². The quantitative estimate of drug-likeness (QED) is 0.312. The Kier molecular flexibility index (Phi) is 5.57. The van der Waals surface area contributed by atoms with Crippen LogP contribution in [0.3, 0.4) is 0 Å². The summed E-state index contributed by atoms with van der Waals surface area (Å²) in [7, 11) is 0. The maximum absolute atomic E-state index is 6.25. The van der Waals surface area contributed by atoms with Crippen molar-refractivity contribution in [3.05, 3.63) is 126 Å². The summed E-state index contributed by atoms with van der Waals surface area (Å²) >= 11 is 0. The topological polar surface area (TPSA) is 47.9 Å². The average Bonchev–Trinajstić information content (AvgIpc) is 3.27. The Morgan fingerprint density at radius 3 is 2.31 bits per heavy atom. The zero-order valence-electron chi connectivity index (χ0n) is 20.4. The summed E-state index contributed by atoms with van der Waals surface area (Å²) in [6.07, 6.45) is 11.4. The number of hydrogen-bond acceptors (Lipinski definition) is 4. The molecule has 4 nitrogen and oxygen atoms in total. The van der Waals surface area contributed by atoms with E-state index in [1.807, 2.05) is 48.5 Å². The Morgan fingerprint density at radius 2 is 1.47 bits per heavy atom. The van der Waals surface area contributed by atoms with Crippen molar-refractivity contribution < 1.29 is 4.74 Å². The van der Waals surface area contributed by atoms with Crippen LogP contribution in [0, 0.1) is 5.41 Å². The van der Waals surface area contributed by atoms with Gasteiger partial charge in [-0.05, 0) is 28.8 Å². The van der Waals surface area contributed by atoms with E-state index in [9.17, 15) is 0 Å². The molecule has 0 N–H and O–H groups in total. The van der Waals surface area contributed by atoms with E-state index < -0.39 is 0 Å². The number of nitrogens with zero attached hydrogens (tertiary/aromatic N) is 3. The summed E-state index contributed by atoms with van der Waals surface area (Å²) in [5.41, 5.74) is 5.39. The SMILES string of the molecule is CC1(C)C=CC=C(c2cccc(-c3nc(-c4ccccc4)nc(C4Cc5ccccc5O4)n3)c2)C=C1. The van der Waals surface area contributed by atoms with Gasteiger partial charge in [0.2, 0.25) is 0 Å². The standard InChI is InChI=1S/C32H27N3O/c1-32(2)18-9-15-22(17-19-32)24-13-8-14-26(20-24)30-33-29(23-10-4-3-5-11-23)34-31(35-30)28-21-25-12-6-7-16-27(25)36-28/h3-20,28H,21H2,1-2H3. The molecule has 36 heavy (non-hydrogen) atoms. The Bertz CT molecular complexity index is 1490. The van der Waals surface area contributed by atoms with E-state index in [4.69, 9.17) is 19.7 Å². The van der Waals surface area contributed by atoms with E-state index in [0.29, 0.717) is 17.5 Å². The van der Waals surface area contributed by atoms with Crippen LogP contribution in [0.1, 0.15) is 36.9 Å². The van der Waals surface area contributed by atoms with Crippen LogP contribution >= 0.6 is 0 Å². The molecule has 1 aromatic heterocycles. The van der Waals surface area contributed by atoms with E-state index in [1.54, 1.807) is 0 Å². The molecule has 0 fully saturated rings. The highest BCUT2D eigenvalue weighted by molar-refractivity contribution is 5.78. The predicted octanol–water partition coefficient (Wildman–Crippen LogP) is 7.42. The minimum atomic E-state index is -0.241. The number of fused-ring (bicyclic) bond motifs is 1. The fourth-order valence-electron chi connectivity index (χ4n) is 4.55. The number of rotatable bonds is 4.